The zero-order chi connectivity index (χ0) is 14.4. The number of rotatable bonds is 6. The van der Waals surface area contributed by atoms with E-state index in [1.165, 1.54) is 0 Å². The molecule has 20 heavy (non-hydrogen) atoms. The molecule has 0 aliphatic carbocycles. The first-order valence-corrected chi connectivity index (χ1v) is 7.05. The van der Waals surface area contributed by atoms with Gasteiger partial charge in [0.25, 0.3) is 0 Å². The summed E-state index contributed by atoms with van der Waals surface area (Å²) in [6.45, 7) is 5.27. The van der Waals surface area contributed by atoms with Crippen LogP contribution in [0.5, 0.6) is 0 Å². The zero-order valence-electron chi connectivity index (χ0n) is 12.1. The number of likely N-dealkylation sites (tertiary alicyclic amines) is 1. The fourth-order valence-corrected chi connectivity index (χ4v) is 2.46. The molecule has 1 aromatic rings. The minimum absolute atomic E-state index is 0.0487. The van der Waals surface area contributed by atoms with Gasteiger partial charge >= 0.3 is 5.97 Å². The van der Waals surface area contributed by atoms with Crippen molar-refractivity contribution in [3.63, 3.8) is 0 Å². The average Bonchev–Trinajstić information content (AvgIpc) is 2.88. The summed E-state index contributed by atoms with van der Waals surface area (Å²) in [7, 11) is 1.63. The van der Waals surface area contributed by atoms with Crippen molar-refractivity contribution in [3.05, 3.63) is 17.5 Å². The molecule has 0 amide bonds. The van der Waals surface area contributed by atoms with E-state index in [0.29, 0.717) is 13.2 Å². The molecule has 1 saturated heterocycles. The van der Waals surface area contributed by atoms with Crippen molar-refractivity contribution < 1.29 is 18.8 Å². The summed E-state index contributed by atoms with van der Waals surface area (Å²) in [4.78, 5) is 13.9. The molecule has 6 heteroatoms. The summed E-state index contributed by atoms with van der Waals surface area (Å²) < 4.78 is 15.2. The number of carbonyl (C=O) groups is 1. The van der Waals surface area contributed by atoms with Gasteiger partial charge in [0.15, 0.2) is 5.76 Å². The van der Waals surface area contributed by atoms with Crippen LogP contribution in [0.2, 0.25) is 0 Å². The molecule has 0 saturated carbocycles. The number of aromatic nitrogens is 1. The summed E-state index contributed by atoms with van der Waals surface area (Å²) in [6.07, 6.45) is 1.70. The number of esters is 1. The zero-order valence-corrected chi connectivity index (χ0v) is 12.1. The lowest BCUT2D eigenvalue weighted by molar-refractivity contribution is -0.149. The number of hydrogen-bond donors (Lipinski definition) is 0. The predicted octanol–water partition coefficient (Wildman–Crippen LogP) is 1.60. The molecule has 1 aliphatic heterocycles. The molecule has 112 valence electrons. The Morgan fingerprint density at radius 2 is 2.25 bits per heavy atom. The summed E-state index contributed by atoms with van der Waals surface area (Å²) in [5.41, 5.74) is 0.909. The maximum Gasteiger partial charge on any atom is 0.309 e. The number of nitrogens with zero attached hydrogens (tertiary/aromatic N) is 2. The highest BCUT2D eigenvalue weighted by atomic mass is 16.5. The second kappa shape index (κ2) is 7.40. The van der Waals surface area contributed by atoms with Crippen LogP contribution in [0.25, 0.3) is 0 Å². The maximum absolute atomic E-state index is 11.7. The Balaban J connectivity index is 1.77. The third-order valence-corrected chi connectivity index (χ3v) is 3.49. The van der Waals surface area contributed by atoms with E-state index in [4.69, 9.17) is 14.0 Å². The van der Waals surface area contributed by atoms with E-state index in [9.17, 15) is 4.79 Å². The molecule has 0 spiro atoms. The third kappa shape index (κ3) is 4.05. The monoisotopic (exact) mass is 282 g/mol. The Labute approximate surface area is 119 Å². The largest absolute Gasteiger partial charge is 0.466 e. The molecule has 1 fully saturated rings. The first-order valence-electron chi connectivity index (χ1n) is 7.05. The molecule has 1 aliphatic rings. The second-order valence-electron chi connectivity index (χ2n) is 5.02. The molecule has 2 rings (SSSR count). The Bertz CT molecular complexity index is 425. The van der Waals surface area contributed by atoms with E-state index in [2.05, 4.69) is 10.1 Å². The van der Waals surface area contributed by atoms with Crippen molar-refractivity contribution in [2.75, 3.05) is 26.8 Å². The van der Waals surface area contributed by atoms with Crippen LogP contribution in [0, 0.1) is 5.92 Å². The molecule has 1 aromatic heterocycles. The van der Waals surface area contributed by atoms with Crippen molar-refractivity contribution in [1.29, 1.82) is 0 Å². The van der Waals surface area contributed by atoms with Crippen molar-refractivity contribution in [1.82, 2.24) is 10.1 Å². The Kier molecular flexibility index (Phi) is 5.55. The number of carbonyl (C=O) groups excluding carboxylic acids is 1. The molecule has 2 heterocycles. The number of ether oxygens (including phenoxy) is 2. The first kappa shape index (κ1) is 15.0. The van der Waals surface area contributed by atoms with E-state index in [-0.39, 0.29) is 11.9 Å². The second-order valence-corrected chi connectivity index (χ2v) is 5.02. The highest BCUT2D eigenvalue weighted by Crippen LogP contribution is 2.20. The molecule has 0 unspecified atom stereocenters. The Hall–Kier alpha value is -1.40. The van der Waals surface area contributed by atoms with E-state index in [1.807, 2.05) is 13.0 Å². The average molecular weight is 282 g/mol. The van der Waals surface area contributed by atoms with Crippen molar-refractivity contribution in [2.45, 2.75) is 32.9 Å². The molecule has 0 bridgehead atoms. The number of methoxy groups -OCH3 is 1. The minimum Gasteiger partial charge on any atom is -0.466 e. The van der Waals surface area contributed by atoms with Crippen LogP contribution in [0.15, 0.2) is 10.6 Å². The lowest BCUT2D eigenvalue weighted by atomic mass is 9.97. The molecule has 0 radical (unpaired) electrons. The van der Waals surface area contributed by atoms with Crippen LogP contribution in [0.1, 0.15) is 31.2 Å². The van der Waals surface area contributed by atoms with Gasteiger partial charge in [-0.25, -0.2) is 0 Å². The van der Waals surface area contributed by atoms with Gasteiger partial charge in [0.1, 0.15) is 6.61 Å². The Morgan fingerprint density at radius 3 is 2.90 bits per heavy atom. The van der Waals surface area contributed by atoms with Gasteiger partial charge in [0, 0.05) is 19.7 Å². The normalized spacial score (nSPS) is 17.3. The van der Waals surface area contributed by atoms with E-state index in [0.717, 1.165) is 43.9 Å². The summed E-state index contributed by atoms with van der Waals surface area (Å²) in [5.74, 6) is 0.729. The van der Waals surface area contributed by atoms with Gasteiger partial charge in [0.2, 0.25) is 0 Å². The van der Waals surface area contributed by atoms with Gasteiger partial charge in [-0.15, -0.1) is 0 Å². The first-order chi connectivity index (χ1) is 9.72. The van der Waals surface area contributed by atoms with Crippen LogP contribution >= 0.6 is 0 Å². The smallest absolute Gasteiger partial charge is 0.309 e. The molecule has 0 N–H and O–H groups in total. The maximum atomic E-state index is 11.7. The number of piperidine rings is 1. The summed E-state index contributed by atoms with van der Waals surface area (Å²) in [6, 6.07) is 1.92. The van der Waals surface area contributed by atoms with Crippen LogP contribution in [-0.2, 0) is 27.4 Å². The minimum atomic E-state index is -0.0593. The Morgan fingerprint density at radius 1 is 1.50 bits per heavy atom. The van der Waals surface area contributed by atoms with Gasteiger partial charge in [-0.1, -0.05) is 5.16 Å². The van der Waals surface area contributed by atoms with Gasteiger partial charge < -0.3 is 14.0 Å². The fraction of sp³-hybridized carbons (Fsp3) is 0.714. The van der Waals surface area contributed by atoms with Gasteiger partial charge in [-0.05, 0) is 32.9 Å². The van der Waals surface area contributed by atoms with Crippen LogP contribution in [0.3, 0.4) is 0 Å². The third-order valence-electron chi connectivity index (χ3n) is 3.49. The quantitative estimate of drug-likeness (QED) is 0.738. The summed E-state index contributed by atoms with van der Waals surface area (Å²) >= 11 is 0. The van der Waals surface area contributed by atoms with E-state index in [1.54, 1.807) is 7.11 Å². The highest BCUT2D eigenvalue weighted by molar-refractivity contribution is 5.72. The molecular formula is C14H22N2O4. The van der Waals surface area contributed by atoms with Crippen molar-refractivity contribution in [2.24, 2.45) is 5.92 Å². The van der Waals surface area contributed by atoms with Crippen LogP contribution < -0.4 is 0 Å². The highest BCUT2D eigenvalue weighted by Gasteiger charge is 2.26. The molecule has 0 atom stereocenters. The van der Waals surface area contributed by atoms with Gasteiger partial charge in [0.05, 0.1) is 18.2 Å². The van der Waals surface area contributed by atoms with Crippen molar-refractivity contribution in [3.8, 4) is 0 Å². The molecule has 6 nitrogen and oxygen atoms in total. The topological polar surface area (TPSA) is 64.8 Å². The van der Waals surface area contributed by atoms with Crippen LogP contribution in [0.4, 0.5) is 0 Å². The lowest BCUT2D eigenvalue weighted by Gasteiger charge is -2.29. The van der Waals surface area contributed by atoms with Gasteiger partial charge in [-0.3, -0.25) is 9.69 Å². The van der Waals surface area contributed by atoms with Crippen molar-refractivity contribution >= 4 is 5.97 Å². The molecular weight excluding hydrogens is 260 g/mol. The summed E-state index contributed by atoms with van der Waals surface area (Å²) in [5, 5.41) is 4.02. The SMILES string of the molecule is CCOC(=O)C1CCN(Cc2cc(COC)on2)CC1. The lowest BCUT2D eigenvalue weighted by Crippen LogP contribution is -2.36. The standard InChI is InChI=1S/C14H22N2O4/c1-3-19-14(17)11-4-6-16(7-5-11)9-12-8-13(10-18-2)20-15-12/h8,11H,3-7,9-10H2,1-2H3. The fourth-order valence-electron chi connectivity index (χ4n) is 2.46. The van der Waals surface area contributed by atoms with E-state index >= 15 is 0 Å². The predicted molar refractivity (Wildman–Crippen MR) is 71.9 cm³/mol. The van der Waals surface area contributed by atoms with E-state index < -0.39 is 0 Å². The van der Waals surface area contributed by atoms with Gasteiger partial charge in [-0.2, -0.15) is 0 Å². The molecule has 0 aromatic carbocycles. The number of hydrogen-bond acceptors (Lipinski definition) is 6. The van der Waals surface area contributed by atoms with Crippen LogP contribution in [-0.4, -0.2) is 42.8 Å².